The van der Waals surface area contributed by atoms with E-state index in [1.807, 2.05) is 13.8 Å². The monoisotopic (exact) mass is 720 g/mol. The second-order valence-corrected chi connectivity index (χ2v) is 14.0. The molecule has 2 aliphatic rings. The Morgan fingerprint density at radius 2 is 1.67 bits per heavy atom. The van der Waals surface area contributed by atoms with Gasteiger partial charge in [0.2, 0.25) is 5.76 Å². The predicted octanol–water partition coefficient (Wildman–Crippen LogP) is 6.11. The summed E-state index contributed by atoms with van der Waals surface area (Å²) in [6.45, 7) is 7.43. The molecule has 252 valence electrons. The first kappa shape index (κ1) is 34.2. The van der Waals surface area contributed by atoms with Crippen molar-refractivity contribution in [3.05, 3.63) is 125 Å². The first-order chi connectivity index (χ1) is 23.4. The fourth-order valence-electron chi connectivity index (χ4n) is 5.91. The number of halogens is 2. The number of carbonyl (C=O) groups is 3. The molecule has 1 saturated carbocycles. The van der Waals surface area contributed by atoms with Crippen molar-refractivity contribution in [2.45, 2.75) is 33.7 Å². The van der Waals surface area contributed by atoms with E-state index in [-0.39, 0.29) is 57.0 Å². The summed E-state index contributed by atoms with van der Waals surface area (Å²) in [6.07, 6.45) is 4.74. The van der Waals surface area contributed by atoms with E-state index in [1.165, 1.54) is 28.2 Å². The highest BCUT2D eigenvalue weighted by Gasteiger charge is 2.61. The van der Waals surface area contributed by atoms with Crippen LogP contribution in [0.4, 0.5) is 0 Å². The van der Waals surface area contributed by atoms with Gasteiger partial charge >= 0.3 is 17.9 Å². The molecular formula is C36H30Cl2N2O8S. The van der Waals surface area contributed by atoms with Crippen LogP contribution in [0.25, 0.3) is 6.08 Å². The maximum Gasteiger partial charge on any atom is 0.379 e. The van der Waals surface area contributed by atoms with Crippen LogP contribution in [0.3, 0.4) is 0 Å². The molecule has 0 saturated heterocycles. The van der Waals surface area contributed by atoms with Crippen molar-refractivity contribution in [2.24, 2.45) is 22.2 Å². The number of furan rings is 1. The van der Waals surface area contributed by atoms with Gasteiger partial charge in [-0.15, -0.1) is 0 Å². The van der Waals surface area contributed by atoms with E-state index >= 15 is 0 Å². The van der Waals surface area contributed by atoms with E-state index in [0.717, 1.165) is 0 Å². The van der Waals surface area contributed by atoms with Gasteiger partial charge in [-0.1, -0.05) is 72.7 Å². The SMILES string of the molecule is CCOC(=O)C1=C(C)N=c2s/c(=C/c3ccc(OC(=O)[C@H]4[C@@H](C=C(Cl)Cl)C4(C)C)cc3)c(=O)n2[C@@H]1c1ccc(OC(=O)c2ccco2)cc1. The van der Waals surface area contributed by atoms with Crippen molar-refractivity contribution < 1.29 is 33.0 Å². The summed E-state index contributed by atoms with van der Waals surface area (Å²) in [5.74, 6) is -1.45. The van der Waals surface area contributed by atoms with Gasteiger partial charge in [-0.3, -0.25) is 14.2 Å². The van der Waals surface area contributed by atoms with Gasteiger partial charge in [0.25, 0.3) is 5.56 Å². The molecular weight excluding hydrogens is 691 g/mol. The molecule has 0 N–H and O–H groups in total. The molecule has 1 aliphatic carbocycles. The van der Waals surface area contributed by atoms with Crippen molar-refractivity contribution in [1.82, 2.24) is 4.57 Å². The predicted molar refractivity (Wildman–Crippen MR) is 183 cm³/mol. The van der Waals surface area contributed by atoms with Crippen molar-refractivity contribution >= 4 is 58.5 Å². The molecule has 1 fully saturated rings. The third kappa shape index (κ3) is 6.92. The number of nitrogens with zero attached hydrogens (tertiary/aromatic N) is 2. The lowest BCUT2D eigenvalue weighted by atomic mass is 9.96. The minimum atomic E-state index is -0.854. The van der Waals surface area contributed by atoms with Gasteiger partial charge in [0.15, 0.2) is 4.80 Å². The molecule has 0 bridgehead atoms. The third-order valence-electron chi connectivity index (χ3n) is 8.51. The third-order valence-corrected chi connectivity index (χ3v) is 9.75. The Labute approximate surface area is 294 Å². The summed E-state index contributed by atoms with van der Waals surface area (Å²) in [5, 5.41) is 0. The lowest BCUT2D eigenvalue weighted by Crippen LogP contribution is -2.39. The van der Waals surface area contributed by atoms with Crippen LogP contribution in [-0.4, -0.2) is 29.1 Å². The van der Waals surface area contributed by atoms with Crippen molar-refractivity contribution in [2.75, 3.05) is 6.61 Å². The summed E-state index contributed by atoms with van der Waals surface area (Å²) in [7, 11) is 0. The highest BCUT2D eigenvalue weighted by Crippen LogP contribution is 2.60. The summed E-state index contributed by atoms with van der Waals surface area (Å²) < 4.78 is 23.5. The molecule has 3 heterocycles. The van der Waals surface area contributed by atoms with Crippen LogP contribution in [0.5, 0.6) is 11.5 Å². The Morgan fingerprint density at radius 3 is 2.31 bits per heavy atom. The lowest BCUT2D eigenvalue weighted by Gasteiger charge is -2.24. The quantitative estimate of drug-likeness (QED) is 0.150. The maximum atomic E-state index is 14.0. The zero-order valence-electron chi connectivity index (χ0n) is 26.8. The number of hydrogen-bond acceptors (Lipinski definition) is 10. The van der Waals surface area contributed by atoms with Crippen LogP contribution >= 0.6 is 34.5 Å². The summed E-state index contributed by atoms with van der Waals surface area (Å²) in [4.78, 5) is 57.4. The van der Waals surface area contributed by atoms with Gasteiger partial charge in [0.1, 0.15) is 16.0 Å². The van der Waals surface area contributed by atoms with Crippen LogP contribution in [0.1, 0.15) is 55.4 Å². The minimum Gasteiger partial charge on any atom is -0.463 e. The molecule has 0 radical (unpaired) electrons. The average molecular weight is 722 g/mol. The van der Waals surface area contributed by atoms with Crippen molar-refractivity contribution in [3.63, 3.8) is 0 Å². The highest BCUT2D eigenvalue weighted by molar-refractivity contribution is 7.07. The van der Waals surface area contributed by atoms with E-state index in [2.05, 4.69) is 4.99 Å². The van der Waals surface area contributed by atoms with Crippen LogP contribution in [0.2, 0.25) is 0 Å². The van der Waals surface area contributed by atoms with E-state index in [4.69, 9.17) is 41.8 Å². The number of carbonyl (C=O) groups excluding carboxylic acids is 3. The van der Waals surface area contributed by atoms with Gasteiger partial charge in [-0.25, -0.2) is 14.6 Å². The smallest absolute Gasteiger partial charge is 0.379 e. The van der Waals surface area contributed by atoms with Crippen LogP contribution in [-0.2, 0) is 14.3 Å². The number of benzene rings is 2. The number of fused-ring (bicyclic) bond motifs is 1. The first-order valence-corrected chi connectivity index (χ1v) is 16.9. The van der Waals surface area contributed by atoms with E-state index in [1.54, 1.807) is 80.6 Å². The Morgan fingerprint density at radius 1 is 1.00 bits per heavy atom. The van der Waals surface area contributed by atoms with Crippen LogP contribution in [0.15, 0.2) is 103 Å². The van der Waals surface area contributed by atoms with E-state index < -0.39 is 18.0 Å². The second-order valence-electron chi connectivity index (χ2n) is 12.0. The average Bonchev–Trinajstić information content (AvgIpc) is 3.41. The molecule has 1 aliphatic heterocycles. The first-order valence-electron chi connectivity index (χ1n) is 15.3. The number of ether oxygens (including phenoxy) is 3. The van der Waals surface area contributed by atoms with Crippen LogP contribution < -0.4 is 24.4 Å². The fourth-order valence-corrected chi connectivity index (χ4v) is 7.23. The van der Waals surface area contributed by atoms with Gasteiger partial charge in [-0.2, -0.15) is 0 Å². The Bertz CT molecular complexity index is 2180. The number of hydrogen-bond donors (Lipinski definition) is 0. The van der Waals surface area contributed by atoms with Crippen molar-refractivity contribution in [1.29, 1.82) is 0 Å². The molecule has 6 rings (SSSR count). The largest absolute Gasteiger partial charge is 0.463 e. The number of aromatic nitrogens is 1. The van der Waals surface area contributed by atoms with Gasteiger partial charge in [0, 0.05) is 0 Å². The molecule has 0 spiro atoms. The molecule has 2 aromatic heterocycles. The Hall–Kier alpha value is -4.71. The molecule has 13 heteroatoms. The molecule has 4 aromatic rings. The number of esters is 3. The van der Waals surface area contributed by atoms with E-state index in [0.29, 0.717) is 31.9 Å². The maximum absolute atomic E-state index is 14.0. The topological polar surface area (TPSA) is 126 Å². The molecule has 10 nitrogen and oxygen atoms in total. The lowest BCUT2D eigenvalue weighted by molar-refractivity contribution is -0.139. The molecule has 0 unspecified atom stereocenters. The number of thiazole rings is 1. The van der Waals surface area contributed by atoms with Gasteiger partial charge < -0.3 is 18.6 Å². The Balaban J connectivity index is 1.29. The summed E-state index contributed by atoms with van der Waals surface area (Å²) in [6, 6.07) is 15.5. The molecule has 3 atom stereocenters. The number of allylic oxidation sites excluding steroid dienone is 2. The second kappa shape index (κ2) is 13.7. The van der Waals surface area contributed by atoms with Crippen molar-refractivity contribution in [3.8, 4) is 11.5 Å². The minimum absolute atomic E-state index is 0.0528. The zero-order valence-corrected chi connectivity index (χ0v) is 29.1. The van der Waals surface area contributed by atoms with Gasteiger partial charge in [-0.05, 0) is 84.9 Å². The number of rotatable bonds is 9. The fraction of sp³-hybridized carbons (Fsp3) is 0.250. The van der Waals surface area contributed by atoms with E-state index in [9.17, 15) is 19.2 Å². The van der Waals surface area contributed by atoms with Gasteiger partial charge in [0.05, 0.1) is 40.6 Å². The zero-order chi connectivity index (χ0) is 35.0. The Kier molecular flexibility index (Phi) is 9.52. The molecule has 0 amide bonds. The summed E-state index contributed by atoms with van der Waals surface area (Å²) in [5.41, 5.74) is 1.22. The standard InChI is InChI=1S/C36H30Cl2N2O8S/c1-5-45-33(43)28-19(2)39-35-40(30(28)21-10-14-23(15-11-21)47-32(42)25-7-6-16-46-25)31(41)26(49-35)17-20-8-12-22(13-9-20)48-34(44)29-24(18-27(37)38)36(29,3)4/h6-18,24,29-30H,5H2,1-4H3/b26-17+/t24-,29-,30-/m1/s1. The normalized spacial score (nSPS) is 19.4. The molecule has 49 heavy (non-hydrogen) atoms. The van der Waals surface area contributed by atoms with Crippen LogP contribution in [0, 0.1) is 17.3 Å². The highest BCUT2D eigenvalue weighted by atomic mass is 35.5. The summed E-state index contributed by atoms with van der Waals surface area (Å²) >= 11 is 12.8. The molecule has 2 aromatic carbocycles.